The van der Waals surface area contributed by atoms with Gasteiger partial charge in [-0.1, -0.05) is 25.8 Å². The molecule has 0 aliphatic heterocycles. The first-order valence-electron chi connectivity index (χ1n) is 5.30. The summed E-state index contributed by atoms with van der Waals surface area (Å²) < 4.78 is 4.55. The van der Waals surface area contributed by atoms with Crippen LogP contribution in [-0.4, -0.2) is 24.9 Å². The third-order valence-electron chi connectivity index (χ3n) is 1.96. The second kappa shape index (κ2) is 9.21. The summed E-state index contributed by atoms with van der Waals surface area (Å²) in [4.78, 5) is 22.3. The van der Waals surface area contributed by atoms with Crippen molar-refractivity contribution in [3.63, 3.8) is 0 Å². The number of esters is 1. The third-order valence-corrected chi connectivity index (χ3v) is 2.20. The lowest BCUT2D eigenvalue weighted by molar-refractivity contribution is -0.137. The number of allylic oxidation sites excluding steroid dienone is 1. The van der Waals surface area contributed by atoms with Crippen LogP contribution in [0.1, 0.15) is 32.6 Å². The number of carbonyl (C=O) groups excluding carboxylic acids is 2. The molecule has 0 fully saturated rings. The normalized spacial score (nSPS) is 11.1. The molecule has 0 heterocycles. The number of unbranched alkanes of at least 4 members (excludes halogenated alkanes) is 3. The van der Waals surface area contributed by atoms with Crippen LogP contribution >= 0.6 is 11.6 Å². The Morgan fingerprint density at radius 1 is 1.38 bits per heavy atom. The topological polar surface area (TPSA) is 55.4 Å². The van der Waals surface area contributed by atoms with E-state index in [4.69, 9.17) is 11.6 Å². The van der Waals surface area contributed by atoms with Crippen molar-refractivity contribution in [2.75, 3.05) is 13.0 Å². The zero-order valence-electron chi connectivity index (χ0n) is 9.72. The summed E-state index contributed by atoms with van der Waals surface area (Å²) in [5, 5.41) is 2.41. The number of hydrogen-bond donors (Lipinski definition) is 1. The Hall–Kier alpha value is -1.03. The first-order valence-corrected chi connectivity index (χ1v) is 5.83. The average molecular weight is 248 g/mol. The molecule has 0 bridgehead atoms. The lowest BCUT2D eigenvalue weighted by atomic mass is 10.2. The number of amides is 1. The highest BCUT2D eigenvalue weighted by atomic mass is 35.5. The van der Waals surface area contributed by atoms with Crippen molar-refractivity contribution >= 4 is 23.5 Å². The standard InChI is InChI=1S/C11H18ClNO3/c1-3-4-5-6-7-9(11(15)16-2)13-10(14)8-12/h7H,3-6,8H2,1-2H3,(H,13,14). The molecule has 0 saturated carbocycles. The van der Waals surface area contributed by atoms with E-state index in [2.05, 4.69) is 17.0 Å². The molecule has 0 aromatic carbocycles. The van der Waals surface area contributed by atoms with Crippen molar-refractivity contribution < 1.29 is 14.3 Å². The Morgan fingerprint density at radius 3 is 2.56 bits per heavy atom. The van der Waals surface area contributed by atoms with Gasteiger partial charge in [0.05, 0.1) is 7.11 Å². The fourth-order valence-corrected chi connectivity index (χ4v) is 1.19. The summed E-state index contributed by atoms with van der Waals surface area (Å²) in [6.45, 7) is 2.10. The zero-order chi connectivity index (χ0) is 12.4. The molecule has 16 heavy (non-hydrogen) atoms. The van der Waals surface area contributed by atoms with E-state index in [0.29, 0.717) is 0 Å². The predicted octanol–water partition coefficient (Wildman–Crippen LogP) is 1.98. The molecule has 0 atom stereocenters. The highest BCUT2D eigenvalue weighted by Crippen LogP contribution is 2.03. The van der Waals surface area contributed by atoms with Crippen molar-refractivity contribution in [3.05, 3.63) is 11.8 Å². The number of ether oxygens (including phenoxy) is 1. The molecule has 0 saturated heterocycles. The first kappa shape index (κ1) is 15.0. The number of hydrogen-bond acceptors (Lipinski definition) is 3. The van der Waals surface area contributed by atoms with E-state index < -0.39 is 11.9 Å². The summed E-state index contributed by atoms with van der Waals surface area (Å²) in [5.74, 6) is -1.13. The Labute approximate surface area is 101 Å². The largest absolute Gasteiger partial charge is 0.464 e. The van der Waals surface area contributed by atoms with E-state index in [1.807, 2.05) is 0 Å². The molecule has 0 radical (unpaired) electrons. The van der Waals surface area contributed by atoms with Crippen LogP contribution in [0, 0.1) is 0 Å². The van der Waals surface area contributed by atoms with Crippen molar-refractivity contribution in [2.45, 2.75) is 32.6 Å². The minimum atomic E-state index is -0.546. The molecule has 0 aliphatic rings. The van der Waals surface area contributed by atoms with Crippen LogP contribution in [0.2, 0.25) is 0 Å². The van der Waals surface area contributed by atoms with E-state index in [1.54, 1.807) is 6.08 Å². The Balaban J connectivity index is 4.30. The van der Waals surface area contributed by atoms with Crippen LogP contribution in [-0.2, 0) is 14.3 Å². The van der Waals surface area contributed by atoms with E-state index in [0.717, 1.165) is 25.7 Å². The molecule has 1 amide bonds. The van der Waals surface area contributed by atoms with E-state index >= 15 is 0 Å². The van der Waals surface area contributed by atoms with Gasteiger partial charge < -0.3 is 10.1 Å². The number of methoxy groups -OCH3 is 1. The summed E-state index contributed by atoms with van der Waals surface area (Å²) >= 11 is 5.34. The summed E-state index contributed by atoms with van der Waals surface area (Å²) in [7, 11) is 1.27. The van der Waals surface area contributed by atoms with Crippen molar-refractivity contribution in [3.8, 4) is 0 Å². The summed E-state index contributed by atoms with van der Waals surface area (Å²) in [6.07, 6.45) is 5.59. The van der Waals surface area contributed by atoms with Gasteiger partial charge in [-0.05, 0) is 12.8 Å². The average Bonchev–Trinajstić information content (AvgIpc) is 2.31. The van der Waals surface area contributed by atoms with Gasteiger partial charge in [-0.3, -0.25) is 4.79 Å². The van der Waals surface area contributed by atoms with E-state index in [-0.39, 0.29) is 11.6 Å². The molecule has 1 N–H and O–H groups in total. The molecule has 0 unspecified atom stereocenters. The quantitative estimate of drug-likeness (QED) is 0.324. The molecule has 0 rings (SSSR count). The number of rotatable bonds is 7. The molecule has 0 aromatic heterocycles. The van der Waals surface area contributed by atoms with Gasteiger partial charge in [-0.2, -0.15) is 0 Å². The number of halogens is 1. The van der Waals surface area contributed by atoms with Gasteiger partial charge in [0.25, 0.3) is 0 Å². The van der Waals surface area contributed by atoms with Crippen LogP contribution in [0.3, 0.4) is 0 Å². The SMILES string of the molecule is CCCCCC=C(NC(=O)CCl)C(=O)OC. The molecule has 4 nitrogen and oxygen atoms in total. The van der Waals surface area contributed by atoms with Gasteiger partial charge >= 0.3 is 5.97 Å². The fraction of sp³-hybridized carbons (Fsp3) is 0.636. The molecule has 0 aliphatic carbocycles. The first-order chi connectivity index (χ1) is 7.65. The number of nitrogens with one attached hydrogen (secondary N) is 1. The maximum atomic E-state index is 11.3. The van der Waals surface area contributed by atoms with Crippen molar-refractivity contribution in [2.24, 2.45) is 0 Å². The third kappa shape index (κ3) is 6.45. The smallest absolute Gasteiger partial charge is 0.354 e. The fourth-order valence-electron chi connectivity index (χ4n) is 1.12. The second-order valence-electron chi connectivity index (χ2n) is 3.29. The number of alkyl halides is 1. The van der Waals surface area contributed by atoms with Gasteiger partial charge in [0.1, 0.15) is 11.6 Å². The van der Waals surface area contributed by atoms with Crippen molar-refractivity contribution in [1.82, 2.24) is 5.32 Å². The zero-order valence-corrected chi connectivity index (χ0v) is 10.5. The molecular formula is C11H18ClNO3. The van der Waals surface area contributed by atoms with Gasteiger partial charge in [0.15, 0.2) is 0 Å². The summed E-state index contributed by atoms with van der Waals surface area (Å²) in [5.41, 5.74) is 0.171. The van der Waals surface area contributed by atoms with Gasteiger partial charge in [0, 0.05) is 0 Å². The lowest BCUT2D eigenvalue weighted by Crippen LogP contribution is -2.28. The maximum absolute atomic E-state index is 11.3. The van der Waals surface area contributed by atoms with Crippen LogP contribution in [0.5, 0.6) is 0 Å². The van der Waals surface area contributed by atoms with Crippen molar-refractivity contribution in [1.29, 1.82) is 0 Å². The van der Waals surface area contributed by atoms with E-state index in [1.165, 1.54) is 7.11 Å². The monoisotopic (exact) mass is 247 g/mol. The maximum Gasteiger partial charge on any atom is 0.354 e. The molecule has 0 aromatic rings. The molecular weight excluding hydrogens is 230 g/mol. The minimum Gasteiger partial charge on any atom is -0.464 e. The van der Waals surface area contributed by atoms with Crippen LogP contribution in [0.25, 0.3) is 0 Å². The summed E-state index contributed by atoms with van der Waals surface area (Å²) in [6, 6.07) is 0. The second-order valence-corrected chi connectivity index (χ2v) is 3.55. The predicted molar refractivity (Wildman–Crippen MR) is 63.1 cm³/mol. The lowest BCUT2D eigenvalue weighted by Gasteiger charge is -2.06. The van der Waals surface area contributed by atoms with E-state index in [9.17, 15) is 9.59 Å². The highest BCUT2D eigenvalue weighted by molar-refractivity contribution is 6.27. The van der Waals surface area contributed by atoms with Crippen LogP contribution in [0.15, 0.2) is 11.8 Å². The highest BCUT2D eigenvalue weighted by Gasteiger charge is 2.11. The van der Waals surface area contributed by atoms with Crippen LogP contribution in [0.4, 0.5) is 0 Å². The Morgan fingerprint density at radius 2 is 2.06 bits per heavy atom. The van der Waals surface area contributed by atoms with Gasteiger partial charge in [-0.15, -0.1) is 11.6 Å². The minimum absolute atomic E-state index is 0.171. The van der Waals surface area contributed by atoms with Gasteiger partial charge in [-0.25, -0.2) is 4.79 Å². The van der Waals surface area contributed by atoms with Gasteiger partial charge in [0.2, 0.25) is 5.91 Å². The molecule has 0 spiro atoms. The molecule has 92 valence electrons. The Kier molecular flexibility index (Phi) is 8.62. The number of carbonyl (C=O) groups is 2. The Bertz CT molecular complexity index is 264. The van der Waals surface area contributed by atoms with Crippen LogP contribution < -0.4 is 5.32 Å². The molecule has 5 heteroatoms.